The molecule has 2 aromatic heterocycles. The summed E-state index contributed by atoms with van der Waals surface area (Å²) in [6.45, 7) is 5.83. The van der Waals surface area contributed by atoms with Crippen LogP contribution in [0.5, 0.6) is 0 Å². The molecular formula is C11H17N5O4S. The summed E-state index contributed by atoms with van der Waals surface area (Å²) in [5.41, 5.74) is -0.550. The first-order valence-corrected chi connectivity index (χ1v) is 8.20. The highest BCUT2D eigenvalue weighted by Crippen LogP contribution is 2.15. The van der Waals surface area contributed by atoms with Gasteiger partial charge in [-0.05, 0) is 6.42 Å². The van der Waals surface area contributed by atoms with Crippen molar-refractivity contribution in [2.75, 3.05) is 0 Å². The van der Waals surface area contributed by atoms with Gasteiger partial charge in [0.1, 0.15) is 5.75 Å². The van der Waals surface area contributed by atoms with Gasteiger partial charge in [0.2, 0.25) is 15.7 Å². The third-order valence-electron chi connectivity index (χ3n) is 2.75. The molecule has 0 spiro atoms. The van der Waals surface area contributed by atoms with Crippen molar-refractivity contribution in [3.05, 3.63) is 22.2 Å². The summed E-state index contributed by atoms with van der Waals surface area (Å²) in [5, 5.41) is 9.09. The molecule has 0 aliphatic rings. The highest BCUT2D eigenvalue weighted by Gasteiger charge is 2.26. The lowest BCUT2D eigenvalue weighted by Crippen LogP contribution is -2.21. The normalized spacial score (nSPS) is 12.2. The summed E-state index contributed by atoms with van der Waals surface area (Å²) in [6, 6.07) is 0. The summed E-state index contributed by atoms with van der Waals surface area (Å²) in [5.74, 6) is -0.0278. The van der Waals surface area contributed by atoms with Gasteiger partial charge in [-0.15, -0.1) is 5.10 Å². The monoisotopic (exact) mass is 315 g/mol. The Kier molecular flexibility index (Phi) is 4.26. The Morgan fingerprint density at radius 3 is 2.67 bits per heavy atom. The van der Waals surface area contributed by atoms with Crippen LogP contribution in [-0.2, 0) is 22.1 Å². The van der Waals surface area contributed by atoms with Crippen LogP contribution in [0.1, 0.15) is 44.8 Å². The molecule has 0 bridgehead atoms. The Labute approximate surface area is 121 Å². The zero-order valence-corrected chi connectivity index (χ0v) is 12.8. The van der Waals surface area contributed by atoms with Crippen molar-refractivity contribution in [3.8, 4) is 0 Å². The van der Waals surface area contributed by atoms with Gasteiger partial charge in [-0.25, -0.2) is 18.3 Å². The molecule has 0 saturated heterocycles. The topological polar surface area (TPSA) is 124 Å². The minimum atomic E-state index is -3.82. The molecular weight excluding hydrogens is 298 g/mol. The van der Waals surface area contributed by atoms with Crippen molar-refractivity contribution in [2.45, 2.75) is 50.6 Å². The highest BCUT2D eigenvalue weighted by molar-refractivity contribution is 7.90. The Morgan fingerprint density at radius 1 is 1.38 bits per heavy atom. The Balaban J connectivity index is 2.32. The van der Waals surface area contributed by atoms with Gasteiger partial charge in [0.15, 0.2) is 5.82 Å². The molecule has 9 nitrogen and oxygen atoms in total. The molecule has 0 atom stereocenters. The number of rotatable bonds is 6. The van der Waals surface area contributed by atoms with E-state index in [2.05, 4.69) is 20.3 Å². The van der Waals surface area contributed by atoms with E-state index in [9.17, 15) is 13.2 Å². The number of aromatic nitrogens is 5. The maximum absolute atomic E-state index is 12.3. The number of hydrogen-bond donors (Lipinski definition) is 1. The Hall–Kier alpha value is -1.97. The maximum Gasteiger partial charge on any atom is 0.344 e. The first-order valence-electron chi connectivity index (χ1n) is 6.55. The predicted octanol–water partition coefficient (Wildman–Crippen LogP) is 0.462. The fourth-order valence-corrected chi connectivity index (χ4v) is 3.04. The summed E-state index contributed by atoms with van der Waals surface area (Å²) in [7, 11) is -3.82. The molecule has 2 rings (SSSR count). The van der Waals surface area contributed by atoms with E-state index in [1.54, 1.807) is 0 Å². The van der Waals surface area contributed by atoms with Gasteiger partial charge >= 0.3 is 5.69 Å². The molecule has 0 amide bonds. The second kappa shape index (κ2) is 5.80. The summed E-state index contributed by atoms with van der Waals surface area (Å²) >= 11 is 0. The van der Waals surface area contributed by atoms with Crippen molar-refractivity contribution < 1.29 is 12.9 Å². The zero-order valence-electron chi connectivity index (χ0n) is 12.0. The summed E-state index contributed by atoms with van der Waals surface area (Å²) in [4.78, 5) is 15.6. The lowest BCUT2D eigenvalue weighted by Gasteiger charge is -2.03. The van der Waals surface area contributed by atoms with Gasteiger partial charge in [-0.1, -0.05) is 25.9 Å². The fraction of sp³-hybridized carbons (Fsp3) is 0.636. The maximum atomic E-state index is 12.3. The molecule has 1 N–H and O–H groups in total. The van der Waals surface area contributed by atoms with Crippen LogP contribution in [0.4, 0.5) is 0 Å². The molecule has 21 heavy (non-hydrogen) atoms. The molecule has 0 aliphatic carbocycles. The van der Waals surface area contributed by atoms with Gasteiger partial charge in [0, 0.05) is 12.5 Å². The van der Waals surface area contributed by atoms with E-state index < -0.39 is 21.3 Å². The van der Waals surface area contributed by atoms with E-state index in [1.165, 1.54) is 0 Å². The van der Waals surface area contributed by atoms with E-state index in [4.69, 9.17) is 4.52 Å². The second-order valence-corrected chi connectivity index (χ2v) is 6.81. The lowest BCUT2D eigenvalue weighted by molar-refractivity contribution is 0.361. The second-order valence-electron chi connectivity index (χ2n) is 4.93. The van der Waals surface area contributed by atoms with Crippen molar-refractivity contribution >= 4 is 9.84 Å². The lowest BCUT2D eigenvalue weighted by atomic mass is 10.2. The third kappa shape index (κ3) is 3.20. The number of aromatic amines is 1. The van der Waals surface area contributed by atoms with Gasteiger partial charge in [0.05, 0.1) is 0 Å². The van der Waals surface area contributed by atoms with Crippen LogP contribution in [0.2, 0.25) is 0 Å². The first-order chi connectivity index (χ1) is 9.85. The van der Waals surface area contributed by atoms with Gasteiger partial charge < -0.3 is 4.52 Å². The number of hydrogen-bond acceptors (Lipinski definition) is 7. The number of nitrogens with zero attached hydrogens (tertiary/aromatic N) is 4. The number of nitrogens with one attached hydrogen (secondary N) is 1. The van der Waals surface area contributed by atoms with Gasteiger partial charge in [0.25, 0.3) is 5.16 Å². The van der Waals surface area contributed by atoms with Crippen LogP contribution >= 0.6 is 0 Å². The predicted molar refractivity (Wildman–Crippen MR) is 72.4 cm³/mol. The van der Waals surface area contributed by atoms with Crippen LogP contribution < -0.4 is 5.69 Å². The summed E-state index contributed by atoms with van der Waals surface area (Å²) < 4.78 is 30.7. The highest BCUT2D eigenvalue weighted by atomic mass is 32.2. The third-order valence-corrected chi connectivity index (χ3v) is 4.25. The fourth-order valence-electron chi connectivity index (χ4n) is 1.76. The molecule has 0 aliphatic heterocycles. The van der Waals surface area contributed by atoms with Crippen LogP contribution in [0, 0.1) is 0 Å². The van der Waals surface area contributed by atoms with Crippen LogP contribution in [-0.4, -0.2) is 33.3 Å². The minimum absolute atomic E-state index is 0.0117. The molecule has 0 radical (unpaired) electrons. The molecule has 2 aromatic rings. The smallest absolute Gasteiger partial charge is 0.339 e. The van der Waals surface area contributed by atoms with Crippen molar-refractivity contribution in [1.82, 2.24) is 24.9 Å². The molecule has 116 valence electrons. The van der Waals surface area contributed by atoms with E-state index in [0.29, 0.717) is 12.3 Å². The Morgan fingerprint density at radius 2 is 2.10 bits per heavy atom. The molecule has 0 saturated carbocycles. The van der Waals surface area contributed by atoms with Crippen molar-refractivity contribution in [2.24, 2.45) is 0 Å². The van der Waals surface area contributed by atoms with Gasteiger partial charge in [-0.2, -0.15) is 4.98 Å². The van der Waals surface area contributed by atoms with E-state index in [1.807, 2.05) is 20.8 Å². The van der Waals surface area contributed by atoms with Crippen molar-refractivity contribution in [1.29, 1.82) is 0 Å². The average Bonchev–Trinajstić information content (AvgIpc) is 2.98. The molecule has 0 aromatic carbocycles. The van der Waals surface area contributed by atoms with E-state index >= 15 is 0 Å². The number of sulfone groups is 1. The van der Waals surface area contributed by atoms with E-state index in [0.717, 1.165) is 4.57 Å². The standard InChI is InChI=1S/C11H17N5O4S/c1-4-5-16-10(17)13-14-11(16)21(18,19)6-8-12-9(7(2)3)20-15-8/h7H,4-6H2,1-3H3,(H,13,17). The SMILES string of the molecule is CCCn1c(S(=O)(=O)Cc2noc(C(C)C)n2)n[nH]c1=O. The Bertz CT molecular complexity index is 771. The number of H-pyrrole nitrogens is 1. The first kappa shape index (κ1) is 15.4. The minimum Gasteiger partial charge on any atom is -0.339 e. The van der Waals surface area contributed by atoms with Gasteiger partial charge in [-0.3, -0.25) is 4.57 Å². The van der Waals surface area contributed by atoms with E-state index in [-0.39, 0.29) is 23.4 Å². The van der Waals surface area contributed by atoms with Crippen molar-refractivity contribution in [3.63, 3.8) is 0 Å². The molecule has 0 fully saturated rings. The zero-order chi connectivity index (χ0) is 15.6. The summed E-state index contributed by atoms with van der Waals surface area (Å²) in [6.07, 6.45) is 0.613. The average molecular weight is 315 g/mol. The molecule has 0 unspecified atom stereocenters. The quantitative estimate of drug-likeness (QED) is 0.821. The molecule has 10 heteroatoms. The van der Waals surface area contributed by atoms with Crippen LogP contribution in [0.3, 0.4) is 0 Å². The molecule has 2 heterocycles. The van der Waals surface area contributed by atoms with Crippen LogP contribution in [0.15, 0.2) is 14.5 Å². The van der Waals surface area contributed by atoms with Crippen LogP contribution in [0.25, 0.3) is 0 Å². The largest absolute Gasteiger partial charge is 0.344 e.